The third-order valence-corrected chi connectivity index (χ3v) is 3.91. The molecule has 0 spiro atoms. The molecule has 0 aliphatic carbocycles. The van der Waals surface area contributed by atoms with Gasteiger partial charge in [-0.2, -0.15) is 5.10 Å². The number of hydrogen-bond donors (Lipinski definition) is 1. The lowest BCUT2D eigenvalue weighted by Crippen LogP contribution is -2.26. The fourth-order valence-corrected chi connectivity index (χ4v) is 2.73. The van der Waals surface area contributed by atoms with Crippen molar-refractivity contribution < 1.29 is 19.3 Å². The van der Waals surface area contributed by atoms with Crippen LogP contribution < -0.4 is 0 Å². The van der Waals surface area contributed by atoms with Crippen molar-refractivity contribution in [2.45, 2.75) is 49.6 Å². The predicted molar refractivity (Wildman–Crippen MR) is 78.9 cm³/mol. The van der Waals surface area contributed by atoms with Gasteiger partial charge >= 0.3 is 0 Å². The van der Waals surface area contributed by atoms with E-state index in [9.17, 15) is 5.11 Å². The van der Waals surface area contributed by atoms with E-state index in [-0.39, 0.29) is 17.8 Å². The zero-order valence-electron chi connectivity index (χ0n) is 12.2. The molecule has 120 valence electrons. The second-order valence-electron chi connectivity index (χ2n) is 5.01. The first-order valence-electron chi connectivity index (χ1n) is 7.12. The third-order valence-electron chi connectivity index (χ3n) is 3.27. The van der Waals surface area contributed by atoms with E-state index in [0.29, 0.717) is 18.9 Å². The van der Waals surface area contributed by atoms with Gasteiger partial charge in [0.2, 0.25) is 0 Å². The van der Waals surface area contributed by atoms with Crippen LogP contribution in [-0.2, 0) is 20.9 Å². The Morgan fingerprint density at radius 1 is 1.57 bits per heavy atom. The molecule has 1 N–H and O–H groups in total. The van der Waals surface area contributed by atoms with Crippen LogP contribution in [0, 0.1) is 0 Å². The molecule has 2 rings (SSSR count). The average molecular weight is 364 g/mol. The monoisotopic (exact) mass is 363 g/mol. The van der Waals surface area contributed by atoms with E-state index in [0.717, 1.165) is 25.9 Å². The Kier molecular flexibility index (Phi) is 7.05. The summed E-state index contributed by atoms with van der Waals surface area (Å²) < 4.78 is 17.7. The SMILES string of the molecule is COCn1ncnc1C(O)CC(Br)COC1CCCCO1. The largest absolute Gasteiger partial charge is 0.385 e. The second kappa shape index (κ2) is 8.79. The van der Waals surface area contributed by atoms with Gasteiger partial charge in [0.15, 0.2) is 12.1 Å². The van der Waals surface area contributed by atoms with Crippen molar-refractivity contribution in [2.24, 2.45) is 0 Å². The highest BCUT2D eigenvalue weighted by atomic mass is 79.9. The van der Waals surface area contributed by atoms with Gasteiger partial charge in [0, 0.05) is 18.5 Å². The molecule has 0 aromatic carbocycles. The first-order chi connectivity index (χ1) is 10.2. The third kappa shape index (κ3) is 5.30. The lowest BCUT2D eigenvalue weighted by Gasteiger charge is -2.24. The molecule has 1 saturated heterocycles. The minimum Gasteiger partial charge on any atom is -0.385 e. The number of aliphatic hydroxyl groups excluding tert-OH is 1. The van der Waals surface area contributed by atoms with Gasteiger partial charge in [-0.25, -0.2) is 9.67 Å². The molecule has 0 amide bonds. The van der Waals surface area contributed by atoms with Crippen LogP contribution in [0.4, 0.5) is 0 Å². The molecular weight excluding hydrogens is 342 g/mol. The quantitative estimate of drug-likeness (QED) is 0.707. The topological polar surface area (TPSA) is 78.6 Å². The number of hydrogen-bond acceptors (Lipinski definition) is 6. The molecule has 0 bridgehead atoms. The van der Waals surface area contributed by atoms with Crippen LogP contribution in [0.2, 0.25) is 0 Å². The molecule has 21 heavy (non-hydrogen) atoms. The van der Waals surface area contributed by atoms with Crippen molar-refractivity contribution in [3.63, 3.8) is 0 Å². The lowest BCUT2D eigenvalue weighted by molar-refractivity contribution is -0.162. The molecule has 2 heterocycles. The Morgan fingerprint density at radius 2 is 2.43 bits per heavy atom. The Labute approximate surface area is 132 Å². The van der Waals surface area contributed by atoms with Crippen LogP contribution in [0.15, 0.2) is 6.33 Å². The second-order valence-corrected chi connectivity index (χ2v) is 6.31. The highest BCUT2D eigenvalue weighted by molar-refractivity contribution is 9.09. The Balaban J connectivity index is 1.75. The van der Waals surface area contributed by atoms with Gasteiger partial charge < -0.3 is 19.3 Å². The summed E-state index contributed by atoms with van der Waals surface area (Å²) in [6, 6.07) is 0. The molecule has 7 nitrogen and oxygen atoms in total. The fourth-order valence-electron chi connectivity index (χ4n) is 2.22. The summed E-state index contributed by atoms with van der Waals surface area (Å²) in [6.45, 7) is 1.52. The zero-order valence-corrected chi connectivity index (χ0v) is 13.7. The normalized spacial score (nSPS) is 22.1. The summed E-state index contributed by atoms with van der Waals surface area (Å²) in [5, 5.41) is 14.2. The number of ether oxygens (including phenoxy) is 3. The maximum atomic E-state index is 10.2. The highest BCUT2D eigenvalue weighted by Crippen LogP contribution is 2.22. The summed E-state index contributed by atoms with van der Waals surface area (Å²) in [4.78, 5) is 4.09. The number of aliphatic hydroxyl groups is 1. The van der Waals surface area contributed by atoms with Crippen molar-refractivity contribution in [3.05, 3.63) is 12.2 Å². The highest BCUT2D eigenvalue weighted by Gasteiger charge is 2.21. The molecule has 1 fully saturated rings. The van der Waals surface area contributed by atoms with E-state index >= 15 is 0 Å². The molecule has 1 aliphatic heterocycles. The fraction of sp³-hybridized carbons (Fsp3) is 0.846. The Morgan fingerprint density at radius 3 is 3.14 bits per heavy atom. The van der Waals surface area contributed by atoms with Crippen LogP contribution in [0.3, 0.4) is 0 Å². The van der Waals surface area contributed by atoms with Crippen molar-refractivity contribution in [2.75, 3.05) is 20.3 Å². The minimum absolute atomic E-state index is 0.0192. The van der Waals surface area contributed by atoms with Crippen LogP contribution in [0.25, 0.3) is 0 Å². The number of methoxy groups -OCH3 is 1. The van der Waals surface area contributed by atoms with E-state index < -0.39 is 6.10 Å². The van der Waals surface area contributed by atoms with E-state index in [1.807, 2.05) is 0 Å². The van der Waals surface area contributed by atoms with Crippen LogP contribution in [0.1, 0.15) is 37.6 Å². The van der Waals surface area contributed by atoms with Crippen molar-refractivity contribution in [1.29, 1.82) is 0 Å². The molecule has 8 heteroatoms. The van der Waals surface area contributed by atoms with E-state index in [2.05, 4.69) is 26.0 Å². The number of aromatic nitrogens is 3. The summed E-state index contributed by atoms with van der Waals surface area (Å²) in [6.07, 6.45) is 4.23. The summed E-state index contributed by atoms with van der Waals surface area (Å²) in [7, 11) is 1.57. The van der Waals surface area contributed by atoms with Gasteiger partial charge in [0.1, 0.15) is 19.2 Å². The summed E-state index contributed by atoms with van der Waals surface area (Å²) in [5.74, 6) is 0.496. The van der Waals surface area contributed by atoms with E-state index in [1.54, 1.807) is 7.11 Å². The van der Waals surface area contributed by atoms with Gasteiger partial charge in [-0.05, 0) is 25.7 Å². The standard InChI is InChI=1S/C13H22BrN3O4/c1-19-9-17-13(15-8-16-17)11(18)6-10(14)7-21-12-4-2-3-5-20-12/h8,10-12,18H,2-7,9H2,1H3. The molecule has 0 radical (unpaired) electrons. The van der Waals surface area contributed by atoms with Gasteiger partial charge in [0.05, 0.1) is 6.61 Å². The van der Waals surface area contributed by atoms with Gasteiger partial charge in [-0.1, -0.05) is 15.9 Å². The van der Waals surface area contributed by atoms with Crippen molar-refractivity contribution in [1.82, 2.24) is 14.8 Å². The smallest absolute Gasteiger partial charge is 0.158 e. The lowest BCUT2D eigenvalue weighted by atomic mass is 10.2. The molecule has 0 saturated carbocycles. The van der Waals surface area contributed by atoms with Crippen LogP contribution in [0.5, 0.6) is 0 Å². The van der Waals surface area contributed by atoms with Crippen LogP contribution in [-0.4, -0.2) is 51.3 Å². The molecule has 3 unspecified atom stereocenters. The first-order valence-corrected chi connectivity index (χ1v) is 8.04. The number of rotatable bonds is 8. The molecule has 1 aliphatic rings. The van der Waals surface area contributed by atoms with Crippen molar-refractivity contribution in [3.8, 4) is 0 Å². The number of nitrogens with zero attached hydrogens (tertiary/aromatic N) is 3. The van der Waals surface area contributed by atoms with Gasteiger partial charge in [-0.3, -0.25) is 0 Å². The number of alkyl halides is 1. The Bertz CT molecular complexity index is 412. The Hall–Kier alpha value is -0.540. The van der Waals surface area contributed by atoms with Gasteiger partial charge in [0.25, 0.3) is 0 Å². The maximum absolute atomic E-state index is 10.2. The predicted octanol–water partition coefficient (Wildman–Crippen LogP) is 1.61. The number of halogens is 1. The minimum atomic E-state index is -0.720. The zero-order chi connectivity index (χ0) is 15.1. The molecular formula is C13H22BrN3O4. The van der Waals surface area contributed by atoms with E-state index in [4.69, 9.17) is 14.2 Å². The average Bonchev–Trinajstić information content (AvgIpc) is 2.95. The molecule has 1 aromatic heterocycles. The van der Waals surface area contributed by atoms with Gasteiger partial charge in [-0.15, -0.1) is 0 Å². The molecule has 1 aromatic rings. The summed E-state index contributed by atoms with van der Waals surface area (Å²) in [5.41, 5.74) is 0. The maximum Gasteiger partial charge on any atom is 0.158 e. The van der Waals surface area contributed by atoms with E-state index in [1.165, 1.54) is 11.0 Å². The van der Waals surface area contributed by atoms with Crippen LogP contribution >= 0.6 is 15.9 Å². The molecule has 3 atom stereocenters. The summed E-state index contributed by atoms with van der Waals surface area (Å²) >= 11 is 3.53. The van der Waals surface area contributed by atoms with Crippen molar-refractivity contribution >= 4 is 15.9 Å². The first kappa shape index (κ1) is 16.8.